The van der Waals surface area contributed by atoms with Crippen molar-refractivity contribution in [2.75, 3.05) is 6.61 Å². The Balaban J connectivity index is 3.72. The Hall–Kier alpha value is -1.83. The number of ether oxygens (including phenoxy) is 1. The predicted molar refractivity (Wildman–Crippen MR) is 179 cm³/mol. The van der Waals surface area contributed by atoms with Gasteiger partial charge in [0.05, 0.1) is 0 Å². The van der Waals surface area contributed by atoms with Crippen LogP contribution in [0.2, 0.25) is 0 Å². The molecule has 0 bridgehead atoms. The van der Waals surface area contributed by atoms with E-state index in [-0.39, 0.29) is 5.97 Å². The second-order valence-corrected chi connectivity index (χ2v) is 12.1. The molecule has 40 heavy (non-hydrogen) atoms. The number of allylic oxidation sites excluding steroid dienone is 9. The first kappa shape index (κ1) is 38.2. The Labute approximate surface area is 250 Å². The summed E-state index contributed by atoms with van der Waals surface area (Å²) in [6.45, 7) is 13.6. The van der Waals surface area contributed by atoms with Gasteiger partial charge in [-0.25, -0.2) is 0 Å². The average molecular weight is 555 g/mol. The van der Waals surface area contributed by atoms with Crippen LogP contribution in [-0.4, -0.2) is 12.6 Å². The smallest absolute Gasteiger partial charge is 0.306 e. The van der Waals surface area contributed by atoms with Crippen molar-refractivity contribution < 1.29 is 9.53 Å². The molecule has 0 aromatic rings. The van der Waals surface area contributed by atoms with Gasteiger partial charge in [0.25, 0.3) is 0 Å². The van der Waals surface area contributed by atoms with Gasteiger partial charge in [0.1, 0.15) is 6.61 Å². The monoisotopic (exact) mass is 555 g/mol. The van der Waals surface area contributed by atoms with E-state index in [1.54, 1.807) is 0 Å². The Morgan fingerprint density at radius 1 is 0.500 bits per heavy atom. The minimum Gasteiger partial charge on any atom is -0.461 e. The van der Waals surface area contributed by atoms with Crippen molar-refractivity contribution in [1.82, 2.24) is 0 Å². The van der Waals surface area contributed by atoms with Crippen molar-refractivity contribution in [2.45, 2.75) is 170 Å². The van der Waals surface area contributed by atoms with Gasteiger partial charge in [-0.05, 0) is 111 Å². The maximum atomic E-state index is 12.0. The molecule has 0 aromatic carbocycles. The van der Waals surface area contributed by atoms with Crippen LogP contribution in [-0.2, 0) is 9.53 Å². The van der Waals surface area contributed by atoms with Gasteiger partial charge in [-0.1, -0.05) is 111 Å². The molecule has 0 saturated heterocycles. The molecule has 0 spiro atoms. The van der Waals surface area contributed by atoms with E-state index in [2.05, 4.69) is 78.0 Å². The van der Waals surface area contributed by atoms with Gasteiger partial charge >= 0.3 is 5.97 Å². The molecule has 0 saturated carbocycles. The molecule has 0 rings (SSSR count). The molecule has 0 unspecified atom stereocenters. The quantitative estimate of drug-likeness (QED) is 0.0603. The number of hydrogen-bond acceptors (Lipinski definition) is 2. The molecule has 0 aliphatic heterocycles. The van der Waals surface area contributed by atoms with E-state index in [1.807, 2.05) is 0 Å². The first-order valence-electron chi connectivity index (χ1n) is 16.8. The van der Waals surface area contributed by atoms with Gasteiger partial charge in [0.2, 0.25) is 0 Å². The van der Waals surface area contributed by atoms with Crippen LogP contribution in [0.4, 0.5) is 0 Å². The predicted octanol–water partition coefficient (Wildman–Crippen LogP) is 12.7. The fourth-order valence-electron chi connectivity index (χ4n) is 4.68. The summed E-state index contributed by atoms with van der Waals surface area (Å²) in [7, 11) is 0. The fourth-order valence-corrected chi connectivity index (χ4v) is 4.68. The maximum Gasteiger partial charge on any atom is 0.306 e. The topological polar surface area (TPSA) is 26.3 Å². The van der Waals surface area contributed by atoms with Crippen LogP contribution < -0.4 is 0 Å². The molecule has 0 fully saturated rings. The highest BCUT2D eigenvalue weighted by atomic mass is 16.5. The summed E-state index contributed by atoms with van der Waals surface area (Å²) in [5, 5.41) is 0. The second-order valence-electron chi connectivity index (χ2n) is 12.1. The normalized spacial score (nSPS) is 12.8. The van der Waals surface area contributed by atoms with Crippen LogP contribution in [0.1, 0.15) is 170 Å². The Morgan fingerprint density at radius 3 is 1.48 bits per heavy atom. The minimum atomic E-state index is -0.0541. The molecule has 0 aliphatic rings. The summed E-state index contributed by atoms with van der Waals surface area (Å²) in [4.78, 5) is 12.0. The molecule has 0 aromatic heterocycles. The summed E-state index contributed by atoms with van der Waals surface area (Å²) in [6, 6.07) is 0. The highest BCUT2D eigenvalue weighted by Gasteiger charge is 2.02. The zero-order valence-electron chi connectivity index (χ0n) is 27.6. The molecule has 0 aliphatic carbocycles. The Kier molecular flexibility index (Phi) is 27.4. The Morgan fingerprint density at radius 2 is 0.950 bits per heavy atom. The van der Waals surface area contributed by atoms with E-state index in [0.29, 0.717) is 13.0 Å². The van der Waals surface area contributed by atoms with Crippen molar-refractivity contribution in [3.8, 4) is 0 Å². The van der Waals surface area contributed by atoms with Gasteiger partial charge in [0.15, 0.2) is 0 Å². The van der Waals surface area contributed by atoms with Crippen LogP contribution in [0, 0.1) is 0 Å². The summed E-state index contributed by atoms with van der Waals surface area (Å²) < 4.78 is 5.43. The number of hydrogen-bond donors (Lipinski definition) is 0. The number of carbonyl (C=O) groups is 1. The molecule has 2 nitrogen and oxygen atoms in total. The van der Waals surface area contributed by atoms with E-state index < -0.39 is 0 Å². The van der Waals surface area contributed by atoms with Crippen LogP contribution >= 0.6 is 0 Å². The lowest BCUT2D eigenvalue weighted by molar-refractivity contribution is -0.142. The lowest BCUT2D eigenvalue weighted by Crippen LogP contribution is -2.04. The zero-order chi connectivity index (χ0) is 29.7. The molecule has 0 N–H and O–H groups in total. The summed E-state index contributed by atoms with van der Waals surface area (Å²) in [5.74, 6) is -0.0541. The molecular weight excluding hydrogens is 488 g/mol. The molecule has 0 atom stereocenters. The van der Waals surface area contributed by atoms with Crippen molar-refractivity contribution in [3.05, 3.63) is 58.7 Å². The zero-order valence-corrected chi connectivity index (χ0v) is 27.6. The first-order valence-corrected chi connectivity index (χ1v) is 16.8. The highest BCUT2D eigenvalue weighted by molar-refractivity contribution is 5.69. The van der Waals surface area contributed by atoms with Gasteiger partial charge in [0, 0.05) is 6.42 Å². The Bertz CT molecular complexity index is 758. The van der Waals surface area contributed by atoms with Crippen molar-refractivity contribution in [3.63, 3.8) is 0 Å². The third kappa shape index (κ3) is 29.2. The minimum absolute atomic E-state index is 0.0541. The number of carbonyl (C=O) groups excluding carboxylic acids is 1. The third-order valence-corrected chi connectivity index (χ3v) is 7.47. The van der Waals surface area contributed by atoms with Gasteiger partial charge in [-0.15, -0.1) is 0 Å². The van der Waals surface area contributed by atoms with Crippen molar-refractivity contribution >= 4 is 5.97 Å². The third-order valence-electron chi connectivity index (χ3n) is 7.47. The van der Waals surface area contributed by atoms with Gasteiger partial charge in [-0.3, -0.25) is 4.79 Å². The molecule has 2 heteroatoms. The summed E-state index contributed by atoms with van der Waals surface area (Å²) >= 11 is 0. The highest BCUT2D eigenvalue weighted by Crippen LogP contribution is 2.14. The van der Waals surface area contributed by atoms with E-state index in [9.17, 15) is 4.79 Å². The molecule has 0 heterocycles. The number of unbranched alkanes of at least 4 members (excludes halogenated alkanes) is 11. The van der Waals surface area contributed by atoms with E-state index in [1.165, 1.54) is 99.3 Å². The van der Waals surface area contributed by atoms with Crippen LogP contribution in [0.3, 0.4) is 0 Å². The SMILES string of the molecule is CCCCCCCCC=CCCCCCCCC(=O)OCC=C(C)CCC=C(C)CCC=C(C)CCC=C(C)C. The fraction of sp³-hybridized carbons (Fsp3) is 0.711. The lowest BCUT2D eigenvalue weighted by atomic mass is 10.0. The number of esters is 1. The van der Waals surface area contributed by atoms with Gasteiger partial charge < -0.3 is 4.74 Å². The standard InChI is InChI=1S/C38H66O2/c1-7-8-9-10-11-12-13-14-15-16-17-18-19-20-21-31-38(39)40-33-32-37(6)30-24-29-36(5)28-23-27-35(4)26-22-25-34(2)3/h14-15,25,27,29,32H,7-13,16-24,26,28,30-31,33H2,1-6H3. The lowest BCUT2D eigenvalue weighted by Gasteiger charge is -2.04. The molecule has 230 valence electrons. The van der Waals surface area contributed by atoms with Crippen molar-refractivity contribution in [1.29, 1.82) is 0 Å². The first-order chi connectivity index (χ1) is 19.3. The van der Waals surface area contributed by atoms with Crippen LogP contribution in [0.25, 0.3) is 0 Å². The van der Waals surface area contributed by atoms with E-state index >= 15 is 0 Å². The van der Waals surface area contributed by atoms with Crippen LogP contribution in [0.15, 0.2) is 58.7 Å². The molecular formula is C38H66O2. The largest absolute Gasteiger partial charge is 0.461 e. The van der Waals surface area contributed by atoms with Crippen molar-refractivity contribution in [2.24, 2.45) is 0 Å². The average Bonchev–Trinajstić information content (AvgIpc) is 2.90. The summed E-state index contributed by atoms with van der Waals surface area (Å²) in [5.41, 5.74) is 5.67. The van der Waals surface area contributed by atoms with E-state index in [4.69, 9.17) is 4.74 Å². The molecule has 0 radical (unpaired) electrons. The van der Waals surface area contributed by atoms with E-state index in [0.717, 1.165) is 44.9 Å². The maximum absolute atomic E-state index is 12.0. The van der Waals surface area contributed by atoms with Crippen LogP contribution in [0.5, 0.6) is 0 Å². The number of rotatable bonds is 26. The summed E-state index contributed by atoms with van der Waals surface area (Å²) in [6.07, 6.45) is 37.6. The molecule has 0 amide bonds. The second kappa shape index (κ2) is 28.7. The van der Waals surface area contributed by atoms with Gasteiger partial charge in [-0.2, -0.15) is 0 Å².